The summed E-state index contributed by atoms with van der Waals surface area (Å²) in [6.07, 6.45) is 85.8. The van der Waals surface area contributed by atoms with Crippen LogP contribution in [-0.2, 0) is 28.6 Å². The van der Waals surface area contributed by atoms with Crippen LogP contribution in [0.4, 0.5) is 0 Å². The second kappa shape index (κ2) is 63.9. The van der Waals surface area contributed by atoms with Gasteiger partial charge in [-0.05, 0) is 103 Å². The molecule has 0 rings (SSSR count). The third kappa shape index (κ3) is 61.2. The van der Waals surface area contributed by atoms with Crippen molar-refractivity contribution in [3.05, 3.63) is 97.2 Å². The minimum Gasteiger partial charge on any atom is -0.462 e. The van der Waals surface area contributed by atoms with Crippen molar-refractivity contribution < 1.29 is 28.6 Å². The molecule has 0 aliphatic heterocycles. The number of unbranched alkanes of at least 4 members (excludes halogenated alkanes) is 31. The number of ether oxygens (including phenoxy) is 3. The quantitative estimate of drug-likeness (QED) is 0.0261. The molecule has 0 aromatic heterocycles. The van der Waals surface area contributed by atoms with Gasteiger partial charge in [-0.25, -0.2) is 0 Å². The molecule has 6 nitrogen and oxygen atoms in total. The SMILES string of the molecule is CC/C=C\C/C=C\C/C=C\C/C=C\C/C=C\C/C=C\C/C=C\CCCCCCCCCCCCCC(=O)OCC(COC(=O)CCCCCCCCC)OC(=O)CCCCCCCCC/C=C\CCCCCCCCC. The summed E-state index contributed by atoms with van der Waals surface area (Å²) in [5.74, 6) is -0.882. The Balaban J connectivity index is 4.10. The standard InChI is InChI=1S/C70H120O6/c1-4-7-10-13-16-18-20-22-24-26-28-29-30-31-32-33-34-35-36-37-38-39-40-41-42-44-45-47-49-51-54-57-60-63-69(72)75-66-67(65-74-68(71)62-59-56-53-15-12-9-6-3)76-70(73)64-61-58-55-52-50-48-46-43-27-25-23-21-19-17-14-11-8-5-2/h7,10,16,18,22,24-25,27-29,31-32,34-35,37-38,67H,4-6,8-9,11-15,17,19-21,23,26,30,33,36,39-66H2,1-3H3/b10-7-,18-16-,24-22-,27-25-,29-28-,32-31-,35-34-,38-37-. The molecule has 436 valence electrons. The van der Waals surface area contributed by atoms with E-state index in [-0.39, 0.29) is 31.1 Å². The van der Waals surface area contributed by atoms with Crippen LogP contribution in [0.5, 0.6) is 0 Å². The third-order valence-corrected chi connectivity index (χ3v) is 13.8. The summed E-state index contributed by atoms with van der Waals surface area (Å²) in [5, 5.41) is 0. The maximum absolute atomic E-state index is 12.8. The number of hydrogen-bond acceptors (Lipinski definition) is 6. The van der Waals surface area contributed by atoms with Gasteiger partial charge in [-0.3, -0.25) is 14.4 Å². The average molecular weight is 1060 g/mol. The van der Waals surface area contributed by atoms with Crippen molar-refractivity contribution in [2.24, 2.45) is 0 Å². The van der Waals surface area contributed by atoms with E-state index in [1.807, 2.05) is 0 Å². The van der Waals surface area contributed by atoms with Gasteiger partial charge in [0.2, 0.25) is 0 Å². The van der Waals surface area contributed by atoms with Crippen LogP contribution in [0, 0.1) is 0 Å². The van der Waals surface area contributed by atoms with Crippen LogP contribution in [-0.4, -0.2) is 37.2 Å². The largest absolute Gasteiger partial charge is 0.462 e. The highest BCUT2D eigenvalue weighted by Gasteiger charge is 2.19. The number of allylic oxidation sites excluding steroid dienone is 16. The van der Waals surface area contributed by atoms with Crippen molar-refractivity contribution in [3.8, 4) is 0 Å². The molecule has 0 radical (unpaired) electrons. The van der Waals surface area contributed by atoms with Gasteiger partial charge in [0, 0.05) is 19.3 Å². The Kier molecular flexibility index (Phi) is 60.8. The summed E-state index contributed by atoms with van der Waals surface area (Å²) in [7, 11) is 0. The molecule has 0 N–H and O–H groups in total. The summed E-state index contributed by atoms with van der Waals surface area (Å²) >= 11 is 0. The Morgan fingerprint density at radius 1 is 0.276 bits per heavy atom. The van der Waals surface area contributed by atoms with Gasteiger partial charge in [0.1, 0.15) is 13.2 Å². The fourth-order valence-corrected chi connectivity index (χ4v) is 9.01. The lowest BCUT2D eigenvalue weighted by atomic mass is 10.0. The molecular weight excluding hydrogens is 937 g/mol. The Hall–Kier alpha value is -3.67. The van der Waals surface area contributed by atoms with E-state index in [1.165, 1.54) is 167 Å². The summed E-state index contributed by atoms with van der Waals surface area (Å²) in [5.41, 5.74) is 0. The van der Waals surface area contributed by atoms with E-state index in [2.05, 4.69) is 118 Å². The van der Waals surface area contributed by atoms with E-state index in [0.29, 0.717) is 19.3 Å². The van der Waals surface area contributed by atoms with E-state index in [1.54, 1.807) is 0 Å². The predicted octanol–water partition coefficient (Wildman–Crippen LogP) is 22.0. The Morgan fingerprint density at radius 2 is 0.513 bits per heavy atom. The zero-order valence-corrected chi connectivity index (χ0v) is 50.0. The van der Waals surface area contributed by atoms with Gasteiger partial charge < -0.3 is 14.2 Å². The van der Waals surface area contributed by atoms with Crippen LogP contribution in [0.3, 0.4) is 0 Å². The summed E-state index contributed by atoms with van der Waals surface area (Å²) in [6, 6.07) is 0. The van der Waals surface area contributed by atoms with Crippen LogP contribution in [0.2, 0.25) is 0 Å². The van der Waals surface area contributed by atoms with Crippen LogP contribution in [0.1, 0.15) is 310 Å². The zero-order valence-electron chi connectivity index (χ0n) is 50.0. The molecule has 0 aliphatic rings. The van der Waals surface area contributed by atoms with E-state index in [4.69, 9.17) is 14.2 Å². The Labute approximate surface area is 470 Å². The van der Waals surface area contributed by atoms with Gasteiger partial charge in [-0.1, -0.05) is 285 Å². The van der Waals surface area contributed by atoms with Gasteiger partial charge >= 0.3 is 17.9 Å². The first-order valence-electron chi connectivity index (χ1n) is 32.2. The molecule has 0 heterocycles. The van der Waals surface area contributed by atoms with Crippen molar-refractivity contribution in [2.45, 2.75) is 316 Å². The first kappa shape index (κ1) is 72.3. The topological polar surface area (TPSA) is 78.9 Å². The first-order valence-corrected chi connectivity index (χ1v) is 32.2. The molecule has 0 amide bonds. The molecule has 76 heavy (non-hydrogen) atoms. The van der Waals surface area contributed by atoms with Crippen LogP contribution in [0.15, 0.2) is 97.2 Å². The van der Waals surface area contributed by atoms with Gasteiger partial charge in [-0.2, -0.15) is 0 Å². The van der Waals surface area contributed by atoms with Gasteiger partial charge in [-0.15, -0.1) is 0 Å². The molecule has 6 heteroatoms. The van der Waals surface area contributed by atoms with Crippen LogP contribution < -0.4 is 0 Å². The highest BCUT2D eigenvalue weighted by Crippen LogP contribution is 2.16. The molecule has 0 saturated heterocycles. The number of rotatable bonds is 58. The molecule has 1 unspecified atom stereocenters. The zero-order chi connectivity index (χ0) is 55.0. The fraction of sp³-hybridized carbons (Fsp3) is 0.729. The summed E-state index contributed by atoms with van der Waals surface area (Å²) in [6.45, 7) is 6.50. The minimum atomic E-state index is -0.777. The van der Waals surface area contributed by atoms with Crippen molar-refractivity contribution in [3.63, 3.8) is 0 Å². The monoisotopic (exact) mass is 1060 g/mol. The highest BCUT2D eigenvalue weighted by atomic mass is 16.6. The molecule has 1 atom stereocenters. The van der Waals surface area contributed by atoms with E-state index >= 15 is 0 Å². The van der Waals surface area contributed by atoms with Crippen LogP contribution >= 0.6 is 0 Å². The molecule has 0 aromatic rings. The maximum atomic E-state index is 12.8. The van der Waals surface area contributed by atoms with E-state index in [9.17, 15) is 14.4 Å². The lowest BCUT2D eigenvalue weighted by Gasteiger charge is -2.18. The maximum Gasteiger partial charge on any atom is 0.306 e. The highest BCUT2D eigenvalue weighted by molar-refractivity contribution is 5.71. The minimum absolute atomic E-state index is 0.0771. The van der Waals surface area contributed by atoms with Crippen molar-refractivity contribution >= 4 is 17.9 Å². The number of carbonyl (C=O) groups is 3. The van der Waals surface area contributed by atoms with Crippen LogP contribution in [0.25, 0.3) is 0 Å². The molecular formula is C70H120O6. The lowest BCUT2D eigenvalue weighted by Crippen LogP contribution is -2.30. The summed E-state index contributed by atoms with van der Waals surface area (Å²) in [4.78, 5) is 38.1. The molecule has 0 aromatic carbocycles. The Morgan fingerprint density at radius 3 is 0.816 bits per heavy atom. The fourth-order valence-electron chi connectivity index (χ4n) is 9.01. The lowest BCUT2D eigenvalue weighted by molar-refractivity contribution is -0.167. The van der Waals surface area contributed by atoms with E-state index < -0.39 is 6.10 Å². The molecule has 0 fully saturated rings. The number of esters is 3. The summed E-state index contributed by atoms with van der Waals surface area (Å²) < 4.78 is 16.8. The second-order valence-electron chi connectivity index (χ2n) is 21.3. The Bertz CT molecular complexity index is 1490. The average Bonchev–Trinajstić information content (AvgIpc) is 3.42. The molecule has 0 aliphatic carbocycles. The second-order valence-corrected chi connectivity index (χ2v) is 21.3. The van der Waals surface area contributed by atoms with Crippen molar-refractivity contribution in [1.29, 1.82) is 0 Å². The predicted molar refractivity (Wildman–Crippen MR) is 330 cm³/mol. The smallest absolute Gasteiger partial charge is 0.306 e. The van der Waals surface area contributed by atoms with Crippen molar-refractivity contribution in [2.75, 3.05) is 13.2 Å². The van der Waals surface area contributed by atoms with Crippen molar-refractivity contribution in [1.82, 2.24) is 0 Å². The molecule has 0 saturated carbocycles. The third-order valence-electron chi connectivity index (χ3n) is 13.8. The first-order chi connectivity index (χ1) is 37.5. The van der Waals surface area contributed by atoms with E-state index in [0.717, 1.165) is 103 Å². The molecule has 0 spiro atoms. The molecule has 0 bridgehead atoms. The normalized spacial score (nSPS) is 12.7. The van der Waals surface area contributed by atoms with Gasteiger partial charge in [0.15, 0.2) is 6.10 Å². The number of hydrogen-bond donors (Lipinski definition) is 0. The van der Waals surface area contributed by atoms with Gasteiger partial charge in [0.25, 0.3) is 0 Å². The number of carbonyl (C=O) groups excluding carboxylic acids is 3. The van der Waals surface area contributed by atoms with Gasteiger partial charge in [0.05, 0.1) is 0 Å².